The van der Waals surface area contributed by atoms with Gasteiger partial charge in [-0.1, -0.05) is 0 Å². The smallest absolute Gasteiger partial charge is 0.245 e. The molecular formula is C9H14N4O3S. The number of piperazine rings is 1. The number of hydrogen-bond acceptors (Lipinski definition) is 4. The van der Waals surface area contributed by atoms with E-state index in [9.17, 15) is 13.2 Å². The summed E-state index contributed by atoms with van der Waals surface area (Å²) in [5.74, 6) is -0.642. The summed E-state index contributed by atoms with van der Waals surface area (Å²) >= 11 is 0. The average molecular weight is 258 g/mol. The Morgan fingerprint density at radius 2 is 2.29 bits per heavy atom. The van der Waals surface area contributed by atoms with Crippen molar-refractivity contribution in [2.24, 2.45) is 5.73 Å². The van der Waals surface area contributed by atoms with Gasteiger partial charge in [0.25, 0.3) is 0 Å². The molecule has 0 radical (unpaired) electrons. The third kappa shape index (κ3) is 2.19. The molecule has 1 aliphatic heterocycles. The Morgan fingerprint density at radius 1 is 1.53 bits per heavy atom. The van der Waals surface area contributed by atoms with Gasteiger partial charge < -0.3 is 16.0 Å². The van der Waals surface area contributed by atoms with E-state index in [1.54, 1.807) is 0 Å². The van der Waals surface area contributed by atoms with E-state index < -0.39 is 22.0 Å². The third-order valence-corrected chi connectivity index (χ3v) is 4.60. The Morgan fingerprint density at radius 3 is 2.88 bits per heavy atom. The van der Waals surface area contributed by atoms with Gasteiger partial charge in [0.15, 0.2) is 0 Å². The Hall–Kier alpha value is -1.38. The van der Waals surface area contributed by atoms with Crippen LogP contribution in [0.2, 0.25) is 0 Å². The van der Waals surface area contributed by atoms with Gasteiger partial charge in [0.2, 0.25) is 15.9 Å². The highest BCUT2D eigenvalue weighted by Gasteiger charge is 2.36. The molecule has 0 saturated carbocycles. The molecule has 1 unspecified atom stereocenters. The molecule has 1 aliphatic rings. The number of aromatic amines is 1. The maximum Gasteiger partial charge on any atom is 0.245 e. The van der Waals surface area contributed by atoms with Crippen molar-refractivity contribution in [2.45, 2.75) is 10.9 Å². The quantitative estimate of drug-likeness (QED) is 0.610. The lowest BCUT2D eigenvalue weighted by Gasteiger charge is -2.32. The van der Waals surface area contributed by atoms with E-state index in [1.807, 2.05) is 0 Å². The fourth-order valence-electron chi connectivity index (χ4n) is 1.82. The van der Waals surface area contributed by atoms with Crippen LogP contribution in [-0.4, -0.2) is 49.3 Å². The first-order valence-corrected chi connectivity index (χ1v) is 6.62. The maximum absolute atomic E-state index is 12.2. The van der Waals surface area contributed by atoms with Crippen LogP contribution >= 0.6 is 0 Å². The van der Waals surface area contributed by atoms with E-state index in [4.69, 9.17) is 5.73 Å². The highest BCUT2D eigenvalue weighted by Crippen LogP contribution is 2.18. The first kappa shape index (κ1) is 12.1. The van der Waals surface area contributed by atoms with Crippen LogP contribution in [0, 0.1) is 0 Å². The second-order valence-electron chi connectivity index (χ2n) is 3.78. The number of sulfonamides is 1. The topological polar surface area (TPSA) is 108 Å². The summed E-state index contributed by atoms with van der Waals surface area (Å²) in [4.78, 5) is 14.1. The number of nitrogens with one attached hydrogen (secondary N) is 2. The minimum atomic E-state index is -3.65. The Bertz CT molecular complexity index is 496. The fraction of sp³-hybridized carbons (Fsp3) is 0.444. The molecule has 0 aliphatic carbocycles. The molecule has 1 fully saturated rings. The molecule has 1 aromatic heterocycles. The predicted octanol–water partition coefficient (Wildman–Crippen LogP) is -1.54. The van der Waals surface area contributed by atoms with Crippen molar-refractivity contribution in [1.82, 2.24) is 14.6 Å². The average Bonchev–Trinajstić information content (AvgIpc) is 2.83. The lowest BCUT2D eigenvalue weighted by molar-refractivity contribution is -0.122. The zero-order chi connectivity index (χ0) is 12.5. The predicted molar refractivity (Wildman–Crippen MR) is 60.5 cm³/mol. The van der Waals surface area contributed by atoms with Gasteiger partial charge in [0.1, 0.15) is 6.04 Å². The van der Waals surface area contributed by atoms with Gasteiger partial charge in [-0.3, -0.25) is 4.79 Å². The van der Waals surface area contributed by atoms with Crippen LogP contribution in [0.25, 0.3) is 0 Å². The molecule has 0 bridgehead atoms. The number of amides is 1. The number of primary amides is 1. The number of aromatic nitrogens is 1. The second kappa shape index (κ2) is 4.47. The first-order chi connectivity index (χ1) is 8.03. The molecule has 0 spiro atoms. The zero-order valence-electron chi connectivity index (χ0n) is 9.09. The van der Waals surface area contributed by atoms with Crippen molar-refractivity contribution < 1.29 is 13.2 Å². The normalized spacial score (nSPS) is 22.5. The maximum atomic E-state index is 12.2. The number of nitrogens with zero attached hydrogens (tertiary/aromatic N) is 1. The molecule has 94 valence electrons. The largest absolute Gasteiger partial charge is 0.368 e. The van der Waals surface area contributed by atoms with E-state index >= 15 is 0 Å². The fourth-order valence-corrected chi connectivity index (χ4v) is 3.39. The number of carbonyl (C=O) groups is 1. The summed E-state index contributed by atoms with van der Waals surface area (Å²) in [5.41, 5.74) is 5.21. The van der Waals surface area contributed by atoms with Crippen molar-refractivity contribution >= 4 is 15.9 Å². The van der Waals surface area contributed by atoms with Gasteiger partial charge in [-0.15, -0.1) is 0 Å². The highest BCUT2D eigenvalue weighted by molar-refractivity contribution is 7.89. The monoisotopic (exact) mass is 258 g/mol. The van der Waals surface area contributed by atoms with E-state index in [1.165, 1.54) is 18.5 Å². The Labute approximate surface area is 99.0 Å². The van der Waals surface area contributed by atoms with E-state index in [-0.39, 0.29) is 18.0 Å². The number of carbonyl (C=O) groups excluding carboxylic acids is 1. The van der Waals surface area contributed by atoms with Gasteiger partial charge in [0, 0.05) is 32.0 Å². The molecule has 2 rings (SSSR count). The number of nitrogens with two attached hydrogens (primary N) is 1. The van der Waals surface area contributed by atoms with Crippen LogP contribution in [0.4, 0.5) is 0 Å². The second-order valence-corrected chi connectivity index (χ2v) is 5.68. The van der Waals surface area contributed by atoms with Crippen molar-refractivity contribution in [2.75, 3.05) is 19.6 Å². The van der Waals surface area contributed by atoms with Gasteiger partial charge >= 0.3 is 0 Å². The van der Waals surface area contributed by atoms with Crippen molar-refractivity contribution in [3.8, 4) is 0 Å². The number of hydrogen-bond donors (Lipinski definition) is 3. The van der Waals surface area contributed by atoms with E-state index in [2.05, 4.69) is 10.3 Å². The lowest BCUT2D eigenvalue weighted by Crippen LogP contribution is -2.58. The molecule has 1 aromatic rings. The summed E-state index contributed by atoms with van der Waals surface area (Å²) in [5, 5.41) is 2.95. The SMILES string of the molecule is NC(=O)C1CNCCN1S(=O)(=O)c1cc[nH]c1. The van der Waals surface area contributed by atoms with Crippen LogP contribution in [0.3, 0.4) is 0 Å². The molecule has 7 nitrogen and oxygen atoms in total. The summed E-state index contributed by atoms with van der Waals surface area (Å²) in [6.45, 7) is 0.994. The van der Waals surface area contributed by atoms with E-state index in [0.29, 0.717) is 6.54 Å². The minimum Gasteiger partial charge on any atom is -0.368 e. The molecule has 2 heterocycles. The molecule has 17 heavy (non-hydrogen) atoms. The van der Waals surface area contributed by atoms with Crippen molar-refractivity contribution in [3.63, 3.8) is 0 Å². The van der Waals surface area contributed by atoms with E-state index in [0.717, 1.165) is 4.31 Å². The van der Waals surface area contributed by atoms with Crippen LogP contribution in [0.1, 0.15) is 0 Å². The van der Waals surface area contributed by atoms with Crippen LogP contribution in [-0.2, 0) is 14.8 Å². The third-order valence-electron chi connectivity index (χ3n) is 2.70. The van der Waals surface area contributed by atoms with Crippen LogP contribution in [0.15, 0.2) is 23.4 Å². The number of H-pyrrole nitrogens is 1. The van der Waals surface area contributed by atoms with Gasteiger partial charge in [-0.25, -0.2) is 8.42 Å². The first-order valence-electron chi connectivity index (χ1n) is 5.18. The van der Waals surface area contributed by atoms with Gasteiger partial charge in [0.05, 0.1) is 4.90 Å². The Balaban J connectivity index is 2.34. The molecule has 4 N–H and O–H groups in total. The summed E-state index contributed by atoms with van der Waals surface area (Å²) in [7, 11) is -3.65. The molecular weight excluding hydrogens is 244 g/mol. The summed E-state index contributed by atoms with van der Waals surface area (Å²) in [6, 6.07) is 0.624. The summed E-state index contributed by atoms with van der Waals surface area (Å²) < 4.78 is 25.6. The summed E-state index contributed by atoms with van der Waals surface area (Å²) in [6.07, 6.45) is 2.91. The number of rotatable bonds is 3. The van der Waals surface area contributed by atoms with Crippen molar-refractivity contribution in [1.29, 1.82) is 0 Å². The van der Waals surface area contributed by atoms with Crippen LogP contribution < -0.4 is 11.1 Å². The minimum absolute atomic E-state index is 0.144. The standard InChI is InChI=1S/C9H14N4O3S/c10-9(14)8-6-12-3-4-13(8)17(15,16)7-1-2-11-5-7/h1-2,5,8,11-12H,3-4,6H2,(H2,10,14). The zero-order valence-corrected chi connectivity index (χ0v) is 9.90. The lowest BCUT2D eigenvalue weighted by atomic mass is 10.2. The molecule has 1 saturated heterocycles. The van der Waals surface area contributed by atoms with Gasteiger partial charge in [-0.05, 0) is 6.07 Å². The molecule has 1 atom stereocenters. The molecule has 0 aromatic carbocycles. The van der Waals surface area contributed by atoms with Crippen molar-refractivity contribution in [3.05, 3.63) is 18.5 Å². The highest BCUT2D eigenvalue weighted by atomic mass is 32.2. The van der Waals surface area contributed by atoms with Gasteiger partial charge in [-0.2, -0.15) is 4.31 Å². The Kier molecular flexibility index (Phi) is 3.18. The molecule has 1 amide bonds. The molecule has 8 heteroatoms. The van der Waals surface area contributed by atoms with Crippen LogP contribution in [0.5, 0.6) is 0 Å².